The Hall–Kier alpha value is -1.68. The Labute approximate surface area is 126 Å². The molecule has 4 nitrogen and oxygen atoms in total. The standard InChI is InChI=1S/C17H24N2O2/c1-12-5-4-10-19(11-12)13(2)17(21)18-16-8-6-15(7-9-16)14(3)20/h6-9,12-13H,4-5,10-11H2,1-3H3,(H,18,21)/t12-,13-/m1/s1. The quantitative estimate of drug-likeness (QED) is 0.867. The lowest BCUT2D eigenvalue weighted by molar-refractivity contribution is -0.121. The van der Waals surface area contributed by atoms with Crippen LogP contribution in [0.25, 0.3) is 0 Å². The van der Waals surface area contributed by atoms with Gasteiger partial charge in [0, 0.05) is 17.8 Å². The number of carbonyl (C=O) groups excluding carboxylic acids is 2. The average molecular weight is 288 g/mol. The fourth-order valence-electron chi connectivity index (χ4n) is 2.78. The molecule has 1 fully saturated rings. The van der Waals surface area contributed by atoms with Gasteiger partial charge in [0.05, 0.1) is 6.04 Å². The Morgan fingerprint density at radius 1 is 1.29 bits per heavy atom. The maximum absolute atomic E-state index is 12.3. The SMILES string of the molecule is CC(=O)c1ccc(NC(=O)[C@@H](C)N2CCC[C@@H](C)C2)cc1. The first-order valence-electron chi connectivity index (χ1n) is 7.63. The van der Waals surface area contributed by atoms with E-state index in [1.165, 1.54) is 13.3 Å². The van der Waals surface area contributed by atoms with Gasteiger partial charge in [0.15, 0.2) is 5.78 Å². The van der Waals surface area contributed by atoms with Gasteiger partial charge in [0.2, 0.25) is 5.91 Å². The molecule has 4 heteroatoms. The van der Waals surface area contributed by atoms with Gasteiger partial charge in [-0.1, -0.05) is 6.92 Å². The second kappa shape index (κ2) is 6.85. The van der Waals surface area contributed by atoms with Crippen molar-refractivity contribution in [2.45, 2.75) is 39.7 Å². The molecule has 2 atom stereocenters. The van der Waals surface area contributed by atoms with E-state index < -0.39 is 0 Å². The van der Waals surface area contributed by atoms with E-state index in [1.807, 2.05) is 6.92 Å². The van der Waals surface area contributed by atoms with Crippen LogP contribution in [0.4, 0.5) is 5.69 Å². The third kappa shape index (κ3) is 4.14. The molecule has 1 aliphatic heterocycles. The highest BCUT2D eigenvalue weighted by atomic mass is 16.2. The number of nitrogens with zero attached hydrogens (tertiary/aromatic N) is 1. The number of likely N-dealkylation sites (tertiary alicyclic amines) is 1. The van der Waals surface area contributed by atoms with Crippen molar-refractivity contribution in [3.8, 4) is 0 Å². The molecule has 1 N–H and O–H groups in total. The first-order valence-corrected chi connectivity index (χ1v) is 7.63. The van der Waals surface area contributed by atoms with Crippen molar-refractivity contribution in [3.05, 3.63) is 29.8 Å². The summed E-state index contributed by atoms with van der Waals surface area (Å²) in [6, 6.07) is 6.91. The number of carbonyl (C=O) groups is 2. The second-order valence-corrected chi connectivity index (χ2v) is 6.04. The lowest BCUT2D eigenvalue weighted by Crippen LogP contribution is -2.46. The van der Waals surface area contributed by atoms with Crippen LogP contribution >= 0.6 is 0 Å². The van der Waals surface area contributed by atoms with Crippen molar-refractivity contribution in [1.82, 2.24) is 4.90 Å². The Balaban J connectivity index is 1.95. The zero-order valence-electron chi connectivity index (χ0n) is 13.1. The summed E-state index contributed by atoms with van der Waals surface area (Å²) in [5.41, 5.74) is 1.40. The summed E-state index contributed by atoms with van der Waals surface area (Å²) < 4.78 is 0. The lowest BCUT2D eigenvalue weighted by Gasteiger charge is -2.34. The molecular weight excluding hydrogens is 264 g/mol. The van der Waals surface area contributed by atoms with Gasteiger partial charge in [-0.2, -0.15) is 0 Å². The minimum Gasteiger partial charge on any atom is -0.325 e. The lowest BCUT2D eigenvalue weighted by atomic mass is 9.99. The van der Waals surface area contributed by atoms with Gasteiger partial charge in [-0.15, -0.1) is 0 Å². The molecular formula is C17H24N2O2. The topological polar surface area (TPSA) is 49.4 Å². The molecule has 21 heavy (non-hydrogen) atoms. The smallest absolute Gasteiger partial charge is 0.241 e. The van der Waals surface area contributed by atoms with Gasteiger partial charge in [0.1, 0.15) is 0 Å². The van der Waals surface area contributed by atoms with Crippen molar-refractivity contribution in [1.29, 1.82) is 0 Å². The third-order valence-corrected chi connectivity index (χ3v) is 4.17. The molecule has 2 rings (SSSR count). The average Bonchev–Trinajstić information content (AvgIpc) is 2.47. The van der Waals surface area contributed by atoms with Crippen molar-refractivity contribution in [2.24, 2.45) is 5.92 Å². The van der Waals surface area contributed by atoms with E-state index in [4.69, 9.17) is 0 Å². The molecule has 1 aliphatic rings. The molecule has 0 unspecified atom stereocenters. The van der Waals surface area contributed by atoms with E-state index in [0.717, 1.165) is 25.2 Å². The Morgan fingerprint density at radius 2 is 1.95 bits per heavy atom. The number of amides is 1. The molecule has 1 amide bonds. The Kier molecular flexibility index (Phi) is 5.12. The molecule has 1 heterocycles. The Morgan fingerprint density at radius 3 is 2.52 bits per heavy atom. The predicted molar refractivity (Wildman–Crippen MR) is 84.5 cm³/mol. The van der Waals surface area contributed by atoms with E-state index in [0.29, 0.717) is 11.5 Å². The van der Waals surface area contributed by atoms with Crippen LogP contribution in [0.5, 0.6) is 0 Å². The number of benzene rings is 1. The fourth-order valence-corrected chi connectivity index (χ4v) is 2.78. The minimum atomic E-state index is -0.125. The van der Waals surface area contributed by atoms with E-state index in [2.05, 4.69) is 17.1 Å². The first-order chi connectivity index (χ1) is 9.97. The highest BCUT2D eigenvalue weighted by Gasteiger charge is 2.25. The molecule has 1 aromatic rings. The molecule has 0 spiro atoms. The van der Waals surface area contributed by atoms with Crippen molar-refractivity contribution in [3.63, 3.8) is 0 Å². The summed E-state index contributed by atoms with van der Waals surface area (Å²) in [6.45, 7) is 7.70. The van der Waals surface area contributed by atoms with E-state index >= 15 is 0 Å². The molecule has 0 aromatic heterocycles. The van der Waals surface area contributed by atoms with E-state index in [9.17, 15) is 9.59 Å². The summed E-state index contributed by atoms with van der Waals surface area (Å²) in [4.78, 5) is 25.8. The monoisotopic (exact) mass is 288 g/mol. The van der Waals surface area contributed by atoms with Crippen LogP contribution in [-0.4, -0.2) is 35.7 Å². The number of nitrogens with one attached hydrogen (secondary N) is 1. The van der Waals surface area contributed by atoms with Gasteiger partial charge < -0.3 is 5.32 Å². The highest BCUT2D eigenvalue weighted by molar-refractivity contribution is 5.96. The van der Waals surface area contributed by atoms with Crippen LogP contribution in [0, 0.1) is 5.92 Å². The van der Waals surface area contributed by atoms with Crippen LogP contribution in [0.3, 0.4) is 0 Å². The molecule has 1 aromatic carbocycles. The molecule has 0 radical (unpaired) electrons. The third-order valence-electron chi connectivity index (χ3n) is 4.17. The number of anilines is 1. The predicted octanol–water partition coefficient (Wildman–Crippen LogP) is 2.95. The van der Waals surface area contributed by atoms with Crippen LogP contribution < -0.4 is 5.32 Å². The van der Waals surface area contributed by atoms with Crippen molar-refractivity contribution in [2.75, 3.05) is 18.4 Å². The van der Waals surface area contributed by atoms with Gasteiger partial charge in [-0.3, -0.25) is 14.5 Å². The number of ketones is 1. The van der Waals surface area contributed by atoms with Crippen LogP contribution in [0.2, 0.25) is 0 Å². The fraction of sp³-hybridized carbons (Fsp3) is 0.529. The molecule has 114 valence electrons. The van der Waals surface area contributed by atoms with Gasteiger partial charge >= 0.3 is 0 Å². The number of rotatable bonds is 4. The van der Waals surface area contributed by atoms with Gasteiger partial charge in [0.25, 0.3) is 0 Å². The second-order valence-electron chi connectivity index (χ2n) is 6.04. The number of piperidine rings is 1. The minimum absolute atomic E-state index is 0.0136. The van der Waals surface area contributed by atoms with Crippen LogP contribution in [-0.2, 0) is 4.79 Å². The zero-order valence-corrected chi connectivity index (χ0v) is 13.1. The number of hydrogen-bond donors (Lipinski definition) is 1. The maximum Gasteiger partial charge on any atom is 0.241 e. The summed E-state index contributed by atoms with van der Waals surface area (Å²) in [7, 11) is 0. The maximum atomic E-state index is 12.3. The molecule has 0 aliphatic carbocycles. The number of hydrogen-bond acceptors (Lipinski definition) is 3. The largest absolute Gasteiger partial charge is 0.325 e. The van der Waals surface area contributed by atoms with Crippen molar-refractivity contribution < 1.29 is 9.59 Å². The molecule has 0 bridgehead atoms. The van der Waals surface area contributed by atoms with Crippen LogP contribution in [0.1, 0.15) is 44.0 Å². The summed E-state index contributed by atoms with van der Waals surface area (Å²) in [5, 5.41) is 2.93. The number of Topliss-reactive ketones (excluding diaryl/α,β-unsaturated/α-hetero) is 1. The van der Waals surface area contributed by atoms with Gasteiger partial charge in [-0.05, 0) is 63.4 Å². The zero-order chi connectivity index (χ0) is 15.4. The molecule has 0 saturated carbocycles. The van der Waals surface area contributed by atoms with E-state index in [-0.39, 0.29) is 17.7 Å². The van der Waals surface area contributed by atoms with Crippen LogP contribution in [0.15, 0.2) is 24.3 Å². The summed E-state index contributed by atoms with van der Waals surface area (Å²) in [6.07, 6.45) is 2.41. The van der Waals surface area contributed by atoms with Gasteiger partial charge in [-0.25, -0.2) is 0 Å². The van der Waals surface area contributed by atoms with E-state index in [1.54, 1.807) is 24.3 Å². The molecule has 1 saturated heterocycles. The summed E-state index contributed by atoms with van der Waals surface area (Å²) in [5.74, 6) is 0.701. The summed E-state index contributed by atoms with van der Waals surface area (Å²) >= 11 is 0. The Bertz CT molecular complexity index is 510. The normalized spacial score (nSPS) is 20.8. The highest BCUT2D eigenvalue weighted by Crippen LogP contribution is 2.18. The first kappa shape index (κ1) is 15.7. The van der Waals surface area contributed by atoms with Crippen molar-refractivity contribution >= 4 is 17.4 Å².